The summed E-state index contributed by atoms with van der Waals surface area (Å²) < 4.78 is 12.8. The molecule has 2 N–H and O–H groups in total. The van der Waals surface area contributed by atoms with Crippen molar-refractivity contribution in [3.8, 4) is 5.75 Å². The second kappa shape index (κ2) is 13.0. The van der Waals surface area contributed by atoms with E-state index in [1.807, 2.05) is 30.8 Å². The Kier molecular flexibility index (Phi) is 10.7. The molecule has 1 fully saturated rings. The van der Waals surface area contributed by atoms with E-state index in [1.165, 1.54) is 11.1 Å². The first kappa shape index (κ1) is 26.4. The Hall–Kier alpha value is -1.85. The van der Waals surface area contributed by atoms with Gasteiger partial charge in [-0.25, -0.2) is 4.99 Å². The summed E-state index contributed by atoms with van der Waals surface area (Å²) in [6.07, 6.45) is 0. The third kappa shape index (κ3) is 6.82. The van der Waals surface area contributed by atoms with E-state index >= 15 is 0 Å². The molecule has 1 saturated heterocycles. The van der Waals surface area contributed by atoms with Crippen molar-refractivity contribution in [2.45, 2.75) is 33.4 Å². The first-order valence-corrected chi connectivity index (χ1v) is 11.0. The van der Waals surface area contributed by atoms with E-state index in [1.54, 1.807) is 7.11 Å². The minimum atomic E-state index is 0. The minimum Gasteiger partial charge on any atom is -0.497 e. The Bertz CT molecular complexity index is 862. The third-order valence-electron chi connectivity index (χ3n) is 5.85. The summed E-state index contributed by atoms with van der Waals surface area (Å²) in [5.74, 6) is 1.69. The molecule has 32 heavy (non-hydrogen) atoms. The molecule has 0 saturated carbocycles. The van der Waals surface area contributed by atoms with E-state index in [0.29, 0.717) is 6.54 Å². The van der Waals surface area contributed by atoms with Crippen molar-refractivity contribution in [3.05, 3.63) is 46.8 Å². The molecule has 1 atom stereocenters. The SMILES string of the molecule is CCNC(=NCc1c(C)nn(C)c1C)NCC(c1ccc(OC)cc1)N1CCOCC1.I. The number of hydrogen-bond donors (Lipinski definition) is 2. The summed E-state index contributed by atoms with van der Waals surface area (Å²) in [5, 5.41) is 11.4. The van der Waals surface area contributed by atoms with Gasteiger partial charge in [-0.05, 0) is 38.5 Å². The normalized spacial score (nSPS) is 15.7. The number of aliphatic imine (C=N–C) groups is 1. The summed E-state index contributed by atoms with van der Waals surface area (Å²) in [4.78, 5) is 7.30. The van der Waals surface area contributed by atoms with Crippen LogP contribution in [-0.4, -0.2) is 67.1 Å². The molecule has 8 nitrogen and oxygen atoms in total. The fraction of sp³-hybridized carbons (Fsp3) is 0.565. The van der Waals surface area contributed by atoms with Crippen LogP contribution in [0.4, 0.5) is 0 Å². The monoisotopic (exact) mass is 556 g/mol. The largest absolute Gasteiger partial charge is 0.497 e. The summed E-state index contributed by atoms with van der Waals surface area (Å²) in [6, 6.07) is 8.56. The van der Waals surface area contributed by atoms with Gasteiger partial charge in [0.2, 0.25) is 0 Å². The molecule has 9 heteroatoms. The van der Waals surface area contributed by atoms with Crippen molar-refractivity contribution in [2.75, 3.05) is 46.5 Å². The molecule has 0 spiro atoms. The molecule has 178 valence electrons. The Morgan fingerprint density at radius 2 is 1.88 bits per heavy atom. The van der Waals surface area contributed by atoms with Gasteiger partial charge in [-0.1, -0.05) is 12.1 Å². The van der Waals surface area contributed by atoms with E-state index in [2.05, 4.69) is 46.6 Å². The van der Waals surface area contributed by atoms with Gasteiger partial charge in [0.05, 0.1) is 38.6 Å². The highest BCUT2D eigenvalue weighted by molar-refractivity contribution is 14.0. The molecule has 2 heterocycles. The first-order valence-electron chi connectivity index (χ1n) is 11.0. The van der Waals surface area contributed by atoms with E-state index in [9.17, 15) is 0 Å². The number of guanidine groups is 1. The lowest BCUT2D eigenvalue weighted by molar-refractivity contribution is 0.0170. The Morgan fingerprint density at radius 3 is 2.44 bits per heavy atom. The van der Waals surface area contributed by atoms with Gasteiger partial charge in [0.1, 0.15) is 5.75 Å². The standard InChI is InChI=1S/C23H36N6O2.HI/c1-6-24-23(25-15-21-17(2)27-28(4)18(21)3)26-16-22(29-11-13-31-14-12-29)19-7-9-20(30-5)10-8-19;/h7-10,22H,6,11-16H2,1-5H3,(H2,24,25,26);1H. The molecule has 1 aliphatic heterocycles. The van der Waals surface area contributed by atoms with E-state index < -0.39 is 0 Å². The van der Waals surface area contributed by atoms with Crippen LogP contribution in [0.25, 0.3) is 0 Å². The maximum atomic E-state index is 5.57. The number of rotatable bonds is 8. The first-order chi connectivity index (χ1) is 15.0. The molecule has 1 aliphatic rings. The quantitative estimate of drug-likeness (QED) is 0.296. The van der Waals surface area contributed by atoms with Crippen LogP contribution in [-0.2, 0) is 18.3 Å². The maximum Gasteiger partial charge on any atom is 0.191 e. The number of morpholine rings is 1. The summed E-state index contributed by atoms with van der Waals surface area (Å²) in [6.45, 7) is 11.7. The minimum absolute atomic E-state index is 0. The van der Waals surface area contributed by atoms with Crippen LogP contribution in [0, 0.1) is 13.8 Å². The zero-order valence-electron chi connectivity index (χ0n) is 19.9. The maximum absolute atomic E-state index is 5.57. The van der Waals surface area contributed by atoms with Crippen molar-refractivity contribution in [2.24, 2.45) is 12.0 Å². The van der Waals surface area contributed by atoms with Crippen LogP contribution < -0.4 is 15.4 Å². The molecule has 0 bridgehead atoms. The predicted molar refractivity (Wildman–Crippen MR) is 139 cm³/mol. The second-order valence-corrected chi connectivity index (χ2v) is 7.79. The van der Waals surface area contributed by atoms with Crippen molar-refractivity contribution in [1.29, 1.82) is 0 Å². The lowest BCUT2D eigenvalue weighted by Crippen LogP contribution is -2.46. The highest BCUT2D eigenvalue weighted by Crippen LogP contribution is 2.23. The van der Waals surface area contributed by atoms with Gasteiger partial charge in [0, 0.05) is 44.5 Å². The molecule has 2 aromatic rings. The van der Waals surface area contributed by atoms with Crippen molar-refractivity contribution < 1.29 is 9.47 Å². The van der Waals surface area contributed by atoms with Gasteiger partial charge in [0.15, 0.2) is 5.96 Å². The molecule has 1 aromatic heterocycles. The van der Waals surface area contributed by atoms with E-state index in [-0.39, 0.29) is 30.0 Å². The number of aryl methyl sites for hydroxylation is 2. The number of benzene rings is 1. The molecular weight excluding hydrogens is 519 g/mol. The molecule has 1 unspecified atom stereocenters. The Morgan fingerprint density at radius 1 is 1.19 bits per heavy atom. The predicted octanol–water partition coefficient (Wildman–Crippen LogP) is 2.79. The highest BCUT2D eigenvalue weighted by Gasteiger charge is 2.23. The van der Waals surface area contributed by atoms with Gasteiger partial charge in [0.25, 0.3) is 0 Å². The zero-order valence-corrected chi connectivity index (χ0v) is 22.2. The molecule has 3 rings (SSSR count). The fourth-order valence-corrected chi connectivity index (χ4v) is 3.91. The van der Waals surface area contributed by atoms with Crippen molar-refractivity contribution >= 4 is 29.9 Å². The van der Waals surface area contributed by atoms with Gasteiger partial charge < -0.3 is 20.1 Å². The smallest absolute Gasteiger partial charge is 0.191 e. The number of methoxy groups -OCH3 is 1. The Balaban J connectivity index is 0.00000363. The van der Waals surface area contributed by atoms with E-state index in [0.717, 1.165) is 62.5 Å². The lowest BCUT2D eigenvalue weighted by atomic mass is 10.0. The van der Waals surface area contributed by atoms with Crippen LogP contribution in [0.2, 0.25) is 0 Å². The number of halogens is 1. The summed E-state index contributed by atoms with van der Waals surface area (Å²) in [5.41, 5.74) is 4.62. The van der Waals surface area contributed by atoms with Gasteiger partial charge in [-0.3, -0.25) is 9.58 Å². The summed E-state index contributed by atoms with van der Waals surface area (Å²) >= 11 is 0. The average molecular weight is 556 g/mol. The summed E-state index contributed by atoms with van der Waals surface area (Å²) in [7, 11) is 3.67. The average Bonchev–Trinajstić information content (AvgIpc) is 3.04. The topological polar surface area (TPSA) is 75.9 Å². The number of nitrogens with one attached hydrogen (secondary N) is 2. The number of hydrogen-bond acceptors (Lipinski definition) is 5. The molecule has 1 aromatic carbocycles. The lowest BCUT2D eigenvalue weighted by Gasteiger charge is -2.35. The second-order valence-electron chi connectivity index (χ2n) is 7.79. The molecule has 0 radical (unpaired) electrons. The molecule has 0 amide bonds. The van der Waals surface area contributed by atoms with Crippen LogP contribution >= 0.6 is 24.0 Å². The van der Waals surface area contributed by atoms with E-state index in [4.69, 9.17) is 14.5 Å². The van der Waals surface area contributed by atoms with Crippen LogP contribution in [0.1, 0.15) is 35.5 Å². The number of nitrogens with zero attached hydrogens (tertiary/aromatic N) is 4. The van der Waals surface area contributed by atoms with Gasteiger partial charge in [-0.2, -0.15) is 5.10 Å². The number of ether oxygens (including phenoxy) is 2. The van der Waals surface area contributed by atoms with Gasteiger partial charge >= 0.3 is 0 Å². The molecule has 0 aliphatic carbocycles. The van der Waals surface area contributed by atoms with Crippen LogP contribution in [0.3, 0.4) is 0 Å². The van der Waals surface area contributed by atoms with Crippen molar-refractivity contribution in [1.82, 2.24) is 25.3 Å². The van der Waals surface area contributed by atoms with Gasteiger partial charge in [-0.15, -0.1) is 24.0 Å². The van der Waals surface area contributed by atoms with Crippen molar-refractivity contribution in [3.63, 3.8) is 0 Å². The molecular formula is C23H37IN6O2. The Labute approximate surface area is 208 Å². The third-order valence-corrected chi connectivity index (χ3v) is 5.85. The fourth-order valence-electron chi connectivity index (χ4n) is 3.91. The highest BCUT2D eigenvalue weighted by atomic mass is 127. The van der Waals surface area contributed by atoms with Crippen LogP contribution in [0.5, 0.6) is 5.75 Å². The number of aromatic nitrogens is 2. The zero-order chi connectivity index (χ0) is 22.2. The van der Waals surface area contributed by atoms with Crippen LogP contribution in [0.15, 0.2) is 29.3 Å².